The Morgan fingerprint density at radius 3 is 2.96 bits per heavy atom. The second-order valence-corrected chi connectivity index (χ2v) is 5.32. The third kappa shape index (κ3) is 3.55. The van der Waals surface area contributed by atoms with Gasteiger partial charge in [-0.3, -0.25) is 4.98 Å². The minimum absolute atomic E-state index is 0.557. The van der Waals surface area contributed by atoms with Crippen LogP contribution in [0.15, 0.2) is 74.3 Å². The Kier molecular flexibility index (Phi) is 4.85. The first-order chi connectivity index (χ1) is 12.2. The molecule has 3 rings (SSSR count). The van der Waals surface area contributed by atoms with E-state index in [9.17, 15) is 0 Å². The standard InChI is InChI=1S/C20H19N5/c1-4-6-7-9-15(3)19-23-20(18-10-8-13-25(18)24-19)22-17-11-12-21-14-16(17)5-2/h4-14H,2-3H2,1H3,(H,21,22,23,24)/b6-4-,9-7-. The molecule has 3 aromatic rings. The van der Waals surface area contributed by atoms with Crippen molar-refractivity contribution in [2.75, 3.05) is 5.32 Å². The summed E-state index contributed by atoms with van der Waals surface area (Å²) in [6.45, 7) is 9.84. The van der Waals surface area contributed by atoms with E-state index in [1.165, 1.54) is 0 Å². The van der Waals surface area contributed by atoms with Gasteiger partial charge >= 0.3 is 0 Å². The maximum absolute atomic E-state index is 4.65. The van der Waals surface area contributed by atoms with Gasteiger partial charge in [0.15, 0.2) is 11.6 Å². The molecule has 0 amide bonds. The molecule has 0 saturated carbocycles. The zero-order valence-corrected chi connectivity index (χ0v) is 14.1. The number of allylic oxidation sites excluding steroid dienone is 5. The predicted octanol–water partition coefficient (Wildman–Crippen LogP) is 4.66. The third-order valence-electron chi connectivity index (χ3n) is 3.60. The van der Waals surface area contributed by atoms with Crippen molar-refractivity contribution in [3.63, 3.8) is 0 Å². The molecule has 0 aromatic carbocycles. The molecule has 124 valence electrons. The Bertz CT molecular complexity index is 979. The number of pyridine rings is 1. The van der Waals surface area contributed by atoms with E-state index in [-0.39, 0.29) is 0 Å². The summed E-state index contributed by atoms with van der Waals surface area (Å²) in [6.07, 6.45) is 14.8. The minimum atomic E-state index is 0.557. The van der Waals surface area contributed by atoms with E-state index in [4.69, 9.17) is 0 Å². The van der Waals surface area contributed by atoms with Crippen LogP contribution in [0.2, 0.25) is 0 Å². The molecule has 0 spiro atoms. The second kappa shape index (κ2) is 7.40. The average Bonchev–Trinajstić information content (AvgIpc) is 3.11. The molecular weight excluding hydrogens is 310 g/mol. The van der Waals surface area contributed by atoms with Crippen molar-refractivity contribution in [2.24, 2.45) is 0 Å². The van der Waals surface area contributed by atoms with Gasteiger partial charge in [0.25, 0.3) is 0 Å². The Labute approximate surface area is 146 Å². The fourth-order valence-corrected chi connectivity index (χ4v) is 2.33. The molecule has 0 saturated heterocycles. The van der Waals surface area contributed by atoms with Crippen molar-refractivity contribution in [3.05, 3.63) is 85.6 Å². The van der Waals surface area contributed by atoms with Gasteiger partial charge in [0.2, 0.25) is 0 Å². The van der Waals surface area contributed by atoms with E-state index in [0.29, 0.717) is 11.6 Å². The topological polar surface area (TPSA) is 55.1 Å². The first-order valence-electron chi connectivity index (χ1n) is 7.90. The Hall–Kier alpha value is -3.47. The van der Waals surface area contributed by atoms with Crippen LogP contribution in [0.25, 0.3) is 17.2 Å². The van der Waals surface area contributed by atoms with Gasteiger partial charge in [-0.25, -0.2) is 9.50 Å². The fourth-order valence-electron chi connectivity index (χ4n) is 2.33. The van der Waals surface area contributed by atoms with Gasteiger partial charge in [-0.05, 0) is 25.1 Å². The molecule has 25 heavy (non-hydrogen) atoms. The molecule has 0 unspecified atom stereocenters. The Morgan fingerprint density at radius 1 is 1.28 bits per heavy atom. The van der Waals surface area contributed by atoms with E-state index < -0.39 is 0 Å². The maximum Gasteiger partial charge on any atom is 0.181 e. The number of fused-ring (bicyclic) bond motifs is 1. The summed E-state index contributed by atoms with van der Waals surface area (Å²) >= 11 is 0. The highest BCUT2D eigenvalue weighted by atomic mass is 15.3. The van der Waals surface area contributed by atoms with E-state index in [2.05, 4.69) is 33.5 Å². The molecule has 0 aliphatic rings. The molecular formula is C20H19N5. The monoisotopic (exact) mass is 329 g/mol. The summed E-state index contributed by atoms with van der Waals surface area (Å²) in [6, 6.07) is 5.77. The highest BCUT2D eigenvalue weighted by Gasteiger charge is 2.10. The summed E-state index contributed by atoms with van der Waals surface area (Å²) in [5.74, 6) is 1.26. The van der Waals surface area contributed by atoms with Crippen LogP contribution < -0.4 is 5.32 Å². The van der Waals surface area contributed by atoms with Gasteiger partial charge in [0, 0.05) is 29.7 Å². The molecule has 5 heteroatoms. The number of nitrogens with one attached hydrogen (secondary N) is 1. The first kappa shape index (κ1) is 16.4. The van der Waals surface area contributed by atoms with Crippen LogP contribution >= 0.6 is 0 Å². The van der Waals surface area contributed by atoms with Crippen LogP contribution in [0.1, 0.15) is 18.3 Å². The van der Waals surface area contributed by atoms with Crippen LogP contribution in [0.3, 0.4) is 0 Å². The molecule has 0 atom stereocenters. The summed E-state index contributed by atoms with van der Waals surface area (Å²) < 4.78 is 1.79. The smallest absolute Gasteiger partial charge is 0.181 e. The number of hydrogen-bond donors (Lipinski definition) is 1. The van der Waals surface area contributed by atoms with Crippen LogP contribution in [0, 0.1) is 0 Å². The lowest BCUT2D eigenvalue weighted by Gasteiger charge is -2.11. The van der Waals surface area contributed by atoms with E-state index in [0.717, 1.165) is 22.3 Å². The van der Waals surface area contributed by atoms with E-state index >= 15 is 0 Å². The lowest BCUT2D eigenvalue weighted by molar-refractivity contribution is 0.889. The highest BCUT2D eigenvalue weighted by Crippen LogP contribution is 2.24. The van der Waals surface area contributed by atoms with E-state index in [1.807, 2.05) is 55.6 Å². The van der Waals surface area contributed by atoms with Crippen molar-refractivity contribution in [1.82, 2.24) is 19.6 Å². The molecule has 0 aliphatic heterocycles. The number of rotatable bonds is 6. The van der Waals surface area contributed by atoms with Gasteiger partial charge in [0.05, 0.1) is 5.69 Å². The summed E-state index contributed by atoms with van der Waals surface area (Å²) in [5.41, 5.74) is 3.39. The van der Waals surface area contributed by atoms with Gasteiger partial charge in [0.1, 0.15) is 5.52 Å². The SMILES string of the molecule is C=Cc1cnccc1Nc1nc(C(=C)/C=C\C=C/C)nn2cccc12. The lowest BCUT2D eigenvalue weighted by Crippen LogP contribution is -2.05. The fraction of sp³-hybridized carbons (Fsp3) is 0.0500. The van der Waals surface area contributed by atoms with Crippen LogP contribution in [-0.4, -0.2) is 19.6 Å². The zero-order chi connectivity index (χ0) is 17.6. The average molecular weight is 329 g/mol. The van der Waals surface area contributed by atoms with E-state index in [1.54, 1.807) is 23.0 Å². The Morgan fingerprint density at radius 2 is 2.16 bits per heavy atom. The number of hydrogen-bond acceptors (Lipinski definition) is 4. The van der Waals surface area contributed by atoms with Gasteiger partial charge in [-0.2, -0.15) is 0 Å². The van der Waals surface area contributed by atoms with Crippen LogP contribution in [0.5, 0.6) is 0 Å². The summed E-state index contributed by atoms with van der Waals surface area (Å²) in [5, 5.41) is 7.87. The van der Waals surface area contributed by atoms with Crippen molar-refractivity contribution in [3.8, 4) is 0 Å². The van der Waals surface area contributed by atoms with Crippen molar-refractivity contribution in [1.29, 1.82) is 0 Å². The third-order valence-corrected chi connectivity index (χ3v) is 3.60. The summed E-state index contributed by atoms with van der Waals surface area (Å²) in [4.78, 5) is 8.77. The molecule has 0 bridgehead atoms. The second-order valence-electron chi connectivity index (χ2n) is 5.32. The van der Waals surface area contributed by atoms with Gasteiger partial charge in [-0.15, -0.1) is 5.10 Å². The van der Waals surface area contributed by atoms with Crippen molar-refractivity contribution >= 4 is 28.7 Å². The molecule has 3 heterocycles. The lowest BCUT2D eigenvalue weighted by atomic mass is 10.2. The quantitative estimate of drug-likeness (QED) is 0.668. The maximum atomic E-state index is 4.65. The van der Waals surface area contributed by atoms with Gasteiger partial charge < -0.3 is 5.32 Å². The van der Waals surface area contributed by atoms with Crippen molar-refractivity contribution in [2.45, 2.75) is 6.92 Å². The highest BCUT2D eigenvalue weighted by molar-refractivity contribution is 5.79. The van der Waals surface area contributed by atoms with Gasteiger partial charge in [-0.1, -0.05) is 43.5 Å². The number of nitrogens with zero attached hydrogens (tertiary/aromatic N) is 4. The largest absolute Gasteiger partial charge is 0.338 e. The molecule has 0 aliphatic carbocycles. The van der Waals surface area contributed by atoms with Crippen LogP contribution in [0.4, 0.5) is 11.5 Å². The number of aromatic nitrogens is 4. The molecule has 3 aromatic heterocycles. The normalized spacial score (nSPS) is 11.4. The molecule has 0 radical (unpaired) electrons. The molecule has 0 fully saturated rings. The molecule has 1 N–H and O–H groups in total. The first-order valence-corrected chi connectivity index (χ1v) is 7.90. The molecule has 5 nitrogen and oxygen atoms in total. The minimum Gasteiger partial charge on any atom is -0.338 e. The Balaban J connectivity index is 2.03. The number of anilines is 2. The zero-order valence-electron chi connectivity index (χ0n) is 14.1. The van der Waals surface area contributed by atoms with Crippen molar-refractivity contribution < 1.29 is 0 Å². The van der Waals surface area contributed by atoms with Crippen LogP contribution in [-0.2, 0) is 0 Å². The summed E-state index contributed by atoms with van der Waals surface area (Å²) in [7, 11) is 0. The predicted molar refractivity (Wildman–Crippen MR) is 104 cm³/mol.